The number of aliphatic imine (C=N–C) groups is 1. The van der Waals surface area contributed by atoms with Crippen LogP contribution in [0.3, 0.4) is 0 Å². The van der Waals surface area contributed by atoms with E-state index in [9.17, 15) is 9.59 Å². The lowest BCUT2D eigenvalue weighted by Gasteiger charge is -2.16. The van der Waals surface area contributed by atoms with Gasteiger partial charge < -0.3 is 9.47 Å². The number of hydrogen-bond acceptors (Lipinski definition) is 6. The average Bonchev–Trinajstić information content (AvgIpc) is 2.42. The number of nitriles is 1. The van der Waals surface area contributed by atoms with E-state index < -0.39 is 23.9 Å². The van der Waals surface area contributed by atoms with E-state index >= 15 is 0 Å². The molecule has 0 saturated carbocycles. The highest BCUT2D eigenvalue weighted by atomic mass is 16.5. The van der Waals surface area contributed by atoms with E-state index in [1.807, 2.05) is 13.8 Å². The molecule has 6 heteroatoms. The molecule has 0 aromatic heterocycles. The zero-order valence-corrected chi connectivity index (χ0v) is 11.8. The molecule has 3 atom stereocenters. The zero-order valence-electron chi connectivity index (χ0n) is 11.8. The SMILES string of the molecule is CCOC(=O)C(C#N)C=N[C@@H](C(=O)OC)[C@H](C)CC. The van der Waals surface area contributed by atoms with Crippen LogP contribution in [0.2, 0.25) is 0 Å². The Hall–Kier alpha value is -1.90. The molecule has 0 aliphatic carbocycles. The van der Waals surface area contributed by atoms with E-state index in [-0.39, 0.29) is 12.5 Å². The van der Waals surface area contributed by atoms with Gasteiger partial charge in [0, 0.05) is 6.21 Å². The molecule has 0 aromatic carbocycles. The van der Waals surface area contributed by atoms with Gasteiger partial charge in [0.15, 0.2) is 5.92 Å². The monoisotopic (exact) mass is 268 g/mol. The Bertz CT molecular complexity index is 373. The van der Waals surface area contributed by atoms with E-state index in [2.05, 4.69) is 9.73 Å². The largest absolute Gasteiger partial charge is 0.467 e. The van der Waals surface area contributed by atoms with Crippen molar-refractivity contribution in [2.24, 2.45) is 16.8 Å². The highest BCUT2D eigenvalue weighted by Gasteiger charge is 2.25. The summed E-state index contributed by atoms with van der Waals surface area (Å²) in [7, 11) is 1.28. The molecule has 0 saturated heterocycles. The second-order valence-electron chi connectivity index (χ2n) is 4.01. The van der Waals surface area contributed by atoms with Crippen LogP contribution in [0.15, 0.2) is 4.99 Å². The molecule has 0 radical (unpaired) electrons. The molecule has 0 aliphatic rings. The number of carbonyl (C=O) groups is 2. The first-order valence-electron chi connectivity index (χ1n) is 6.19. The first kappa shape index (κ1) is 17.1. The third kappa shape index (κ3) is 5.51. The normalized spacial score (nSPS) is 15.3. The Morgan fingerprint density at radius 1 is 1.37 bits per heavy atom. The summed E-state index contributed by atoms with van der Waals surface area (Å²) in [5.74, 6) is -2.28. The van der Waals surface area contributed by atoms with Gasteiger partial charge in [-0.2, -0.15) is 5.26 Å². The molecule has 0 rings (SSSR count). The van der Waals surface area contributed by atoms with Crippen LogP contribution in [-0.2, 0) is 19.1 Å². The Morgan fingerprint density at radius 2 is 2.00 bits per heavy atom. The summed E-state index contributed by atoms with van der Waals surface area (Å²) < 4.78 is 9.39. The van der Waals surface area contributed by atoms with Crippen LogP contribution in [0.5, 0.6) is 0 Å². The first-order valence-corrected chi connectivity index (χ1v) is 6.19. The molecule has 0 fully saturated rings. The number of hydrogen-bond donors (Lipinski definition) is 0. The van der Waals surface area contributed by atoms with Gasteiger partial charge in [-0.3, -0.25) is 9.79 Å². The molecule has 19 heavy (non-hydrogen) atoms. The van der Waals surface area contributed by atoms with Gasteiger partial charge in [0.2, 0.25) is 0 Å². The fourth-order valence-corrected chi connectivity index (χ4v) is 1.34. The maximum atomic E-state index is 11.6. The molecular formula is C13H20N2O4. The molecular weight excluding hydrogens is 248 g/mol. The van der Waals surface area contributed by atoms with Gasteiger partial charge in [-0.25, -0.2) is 4.79 Å². The number of rotatable bonds is 7. The smallest absolute Gasteiger partial charge is 0.330 e. The minimum Gasteiger partial charge on any atom is -0.467 e. The van der Waals surface area contributed by atoms with Crippen molar-refractivity contribution in [1.82, 2.24) is 0 Å². The van der Waals surface area contributed by atoms with Gasteiger partial charge in [-0.15, -0.1) is 0 Å². The molecule has 0 amide bonds. The topological polar surface area (TPSA) is 88.8 Å². The van der Waals surface area contributed by atoms with Crippen LogP contribution >= 0.6 is 0 Å². The van der Waals surface area contributed by atoms with Crippen molar-refractivity contribution >= 4 is 18.2 Å². The van der Waals surface area contributed by atoms with Crippen molar-refractivity contribution in [2.75, 3.05) is 13.7 Å². The lowest BCUT2D eigenvalue weighted by atomic mass is 10.00. The quantitative estimate of drug-likeness (QED) is 0.513. The van der Waals surface area contributed by atoms with Crippen LogP contribution < -0.4 is 0 Å². The van der Waals surface area contributed by atoms with Crippen LogP contribution in [0, 0.1) is 23.2 Å². The second-order valence-corrected chi connectivity index (χ2v) is 4.01. The summed E-state index contributed by atoms with van der Waals surface area (Å²) in [6.07, 6.45) is 1.89. The lowest BCUT2D eigenvalue weighted by molar-refractivity contribution is -0.145. The summed E-state index contributed by atoms with van der Waals surface area (Å²) in [6.45, 7) is 5.62. The van der Waals surface area contributed by atoms with Crippen molar-refractivity contribution < 1.29 is 19.1 Å². The minimum atomic E-state index is -1.10. The Kier molecular flexibility index (Phi) is 8.18. The van der Waals surface area contributed by atoms with Gasteiger partial charge in [0.25, 0.3) is 0 Å². The molecule has 0 N–H and O–H groups in total. The minimum absolute atomic E-state index is 0.0368. The van der Waals surface area contributed by atoms with Crippen molar-refractivity contribution in [3.8, 4) is 6.07 Å². The Morgan fingerprint density at radius 3 is 2.42 bits per heavy atom. The fraction of sp³-hybridized carbons (Fsp3) is 0.692. The van der Waals surface area contributed by atoms with Gasteiger partial charge in [0.1, 0.15) is 6.04 Å². The van der Waals surface area contributed by atoms with Gasteiger partial charge >= 0.3 is 11.9 Å². The summed E-state index contributed by atoms with van der Waals surface area (Å²) in [4.78, 5) is 27.0. The lowest BCUT2D eigenvalue weighted by Crippen LogP contribution is -2.28. The maximum absolute atomic E-state index is 11.6. The van der Waals surface area contributed by atoms with Crippen molar-refractivity contribution in [1.29, 1.82) is 5.26 Å². The molecule has 0 aliphatic heterocycles. The van der Waals surface area contributed by atoms with Crippen molar-refractivity contribution in [3.05, 3.63) is 0 Å². The van der Waals surface area contributed by atoms with E-state index in [1.54, 1.807) is 13.0 Å². The number of ether oxygens (including phenoxy) is 2. The van der Waals surface area contributed by atoms with Gasteiger partial charge in [-0.1, -0.05) is 20.3 Å². The highest BCUT2D eigenvalue weighted by molar-refractivity contribution is 5.93. The number of nitrogens with zero attached hydrogens (tertiary/aromatic N) is 2. The van der Waals surface area contributed by atoms with Crippen molar-refractivity contribution in [3.63, 3.8) is 0 Å². The molecule has 0 spiro atoms. The average molecular weight is 268 g/mol. The van der Waals surface area contributed by atoms with E-state index in [0.717, 1.165) is 12.6 Å². The molecule has 0 heterocycles. The van der Waals surface area contributed by atoms with E-state index in [0.29, 0.717) is 0 Å². The second kappa shape index (κ2) is 9.09. The van der Waals surface area contributed by atoms with Crippen LogP contribution in [0.1, 0.15) is 27.2 Å². The Balaban J connectivity index is 4.90. The first-order chi connectivity index (χ1) is 9.01. The van der Waals surface area contributed by atoms with Crippen molar-refractivity contribution in [2.45, 2.75) is 33.2 Å². The third-order valence-corrected chi connectivity index (χ3v) is 2.70. The predicted octanol–water partition coefficient (Wildman–Crippen LogP) is 1.35. The molecule has 0 bridgehead atoms. The molecule has 0 aromatic rings. The Labute approximate surface area is 113 Å². The van der Waals surface area contributed by atoms with Gasteiger partial charge in [-0.05, 0) is 12.8 Å². The summed E-state index contributed by atoms with van der Waals surface area (Å²) in [6, 6.07) is 1.07. The summed E-state index contributed by atoms with van der Waals surface area (Å²) in [5, 5.41) is 8.87. The fourth-order valence-electron chi connectivity index (χ4n) is 1.34. The predicted molar refractivity (Wildman–Crippen MR) is 69.5 cm³/mol. The molecule has 6 nitrogen and oxygen atoms in total. The number of esters is 2. The third-order valence-electron chi connectivity index (χ3n) is 2.70. The molecule has 1 unspecified atom stereocenters. The number of methoxy groups -OCH3 is 1. The van der Waals surface area contributed by atoms with Crippen LogP contribution in [-0.4, -0.2) is 37.9 Å². The zero-order chi connectivity index (χ0) is 14.8. The maximum Gasteiger partial charge on any atom is 0.330 e. The number of carbonyl (C=O) groups excluding carboxylic acids is 2. The van der Waals surface area contributed by atoms with E-state index in [4.69, 9.17) is 10.00 Å². The van der Waals surface area contributed by atoms with Crippen LogP contribution in [0.25, 0.3) is 0 Å². The van der Waals surface area contributed by atoms with E-state index in [1.165, 1.54) is 7.11 Å². The van der Waals surface area contributed by atoms with Crippen LogP contribution in [0.4, 0.5) is 0 Å². The summed E-state index contributed by atoms with van der Waals surface area (Å²) >= 11 is 0. The summed E-state index contributed by atoms with van der Waals surface area (Å²) in [5.41, 5.74) is 0. The standard InChI is InChI=1S/C13H20N2O4/c1-5-9(3)11(13(17)18-4)15-8-10(7-14)12(16)19-6-2/h8-11H,5-6H2,1-4H3/t9-,10?,11-/m1/s1. The highest BCUT2D eigenvalue weighted by Crippen LogP contribution is 2.13. The van der Waals surface area contributed by atoms with Gasteiger partial charge in [0.05, 0.1) is 19.8 Å². The molecule has 106 valence electrons.